The number of nitrogens with zero attached hydrogens (tertiary/aromatic N) is 1. The second-order valence-electron chi connectivity index (χ2n) is 6.88. The summed E-state index contributed by atoms with van der Waals surface area (Å²) in [6.07, 6.45) is 0.640. The summed E-state index contributed by atoms with van der Waals surface area (Å²) in [5, 5.41) is 1.47. The Morgan fingerprint density at radius 1 is 1.26 bits per heavy atom. The molecule has 0 saturated heterocycles. The highest BCUT2D eigenvalue weighted by atomic mass is 28.3. The maximum absolute atomic E-state index is 12.2. The molecule has 0 aromatic heterocycles. The molecule has 1 amide bonds. The van der Waals surface area contributed by atoms with Crippen LogP contribution in [0.5, 0.6) is 0 Å². The summed E-state index contributed by atoms with van der Waals surface area (Å²) < 4.78 is 5.49. The lowest BCUT2D eigenvalue weighted by Gasteiger charge is -2.39. The van der Waals surface area contributed by atoms with Crippen molar-refractivity contribution in [2.45, 2.75) is 46.0 Å². The van der Waals surface area contributed by atoms with Crippen molar-refractivity contribution >= 4 is 19.4 Å². The van der Waals surface area contributed by atoms with Gasteiger partial charge in [0.2, 0.25) is 0 Å². The first-order valence-corrected chi connectivity index (χ1v) is 9.96. The second kappa shape index (κ2) is 4.67. The molecular formula is C15H23NO2Si. The monoisotopic (exact) mass is 277 g/mol. The highest BCUT2D eigenvalue weighted by molar-refractivity contribution is 6.90. The van der Waals surface area contributed by atoms with Crippen molar-refractivity contribution in [3.8, 4) is 0 Å². The minimum absolute atomic E-state index is 0.192. The minimum atomic E-state index is -1.59. The average Bonchev–Trinajstić information content (AvgIpc) is 2.25. The SMILES string of the molecule is CC(C)(C)OC(=O)N1Cc2ccccc2[Si](C)(C)C1. The lowest BCUT2D eigenvalue weighted by Crippen LogP contribution is -2.59. The molecule has 0 spiro atoms. The van der Waals surface area contributed by atoms with E-state index in [1.807, 2.05) is 31.7 Å². The Bertz CT molecular complexity index is 491. The zero-order chi connectivity index (χ0) is 14.3. The van der Waals surface area contributed by atoms with Crippen LogP contribution in [0, 0.1) is 0 Å². The van der Waals surface area contributed by atoms with Crippen molar-refractivity contribution in [3.05, 3.63) is 29.8 Å². The fourth-order valence-electron chi connectivity index (χ4n) is 2.60. The van der Waals surface area contributed by atoms with Crippen LogP contribution in [0.2, 0.25) is 13.1 Å². The van der Waals surface area contributed by atoms with Gasteiger partial charge in [-0.1, -0.05) is 42.5 Å². The zero-order valence-electron chi connectivity index (χ0n) is 12.5. The van der Waals surface area contributed by atoms with Crippen LogP contribution < -0.4 is 5.19 Å². The summed E-state index contributed by atoms with van der Waals surface area (Å²) in [6, 6.07) is 8.48. The van der Waals surface area contributed by atoms with Gasteiger partial charge in [-0.2, -0.15) is 0 Å². The van der Waals surface area contributed by atoms with Gasteiger partial charge in [0.1, 0.15) is 13.7 Å². The Morgan fingerprint density at radius 3 is 2.53 bits per heavy atom. The lowest BCUT2D eigenvalue weighted by molar-refractivity contribution is 0.0262. The van der Waals surface area contributed by atoms with E-state index in [1.165, 1.54) is 10.8 Å². The molecule has 1 aromatic rings. The quantitative estimate of drug-likeness (QED) is 0.682. The van der Waals surface area contributed by atoms with Gasteiger partial charge in [-0.15, -0.1) is 0 Å². The molecule has 4 heteroatoms. The first kappa shape index (κ1) is 14.1. The van der Waals surface area contributed by atoms with E-state index in [1.54, 1.807) is 0 Å². The predicted octanol–water partition coefficient (Wildman–Crippen LogP) is 2.89. The van der Waals surface area contributed by atoms with Gasteiger partial charge in [-0.3, -0.25) is 0 Å². The molecule has 104 valence electrons. The molecular weight excluding hydrogens is 254 g/mol. The number of carbonyl (C=O) groups is 1. The van der Waals surface area contributed by atoms with Crippen molar-refractivity contribution in [2.75, 3.05) is 6.17 Å². The zero-order valence-corrected chi connectivity index (χ0v) is 13.5. The number of carbonyl (C=O) groups excluding carboxylic acids is 1. The fourth-order valence-corrected chi connectivity index (χ4v) is 5.54. The van der Waals surface area contributed by atoms with Crippen LogP contribution in [0.15, 0.2) is 24.3 Å². The molecule has 0 bridgehead atoms. The standard InChI is InChI=1S/C15H23NO2Si/c1-15(2,3)18-14(17)16-10-12-8-6-7-9-13(12)19(4,5)11-16/h6-9H,10-11H2,1-5H3. The van der Waals surface area contributed by atoms with E-state index in [9.17, 15) is 4.79 Å². The second-order valence-corrected chi connectivity index (χ2v) is 11.5. The number of amides is 1. The third-order valence-corrected chi connectivity index (χ3v) is 6.46. The first-order chi connectivity index (χ1) is 8.69. The lowest BCUT2D eigenvalue weighted by atomic mass is 10.2. The van der Waals surface area contributed by atoms with Crippen molar-refractivity contribution in [1.82, 2.24) is 4.90 Å². The molecule has 3 nitrogen and oxygen atoms in total. The predicted molar refractivity (Wildman–Crippen MR) is 80.2 cm³/mol. The van der Waals surface area contributed by atoms with Crippen molar-refractivity contribution < 1.29 is 9.53 Å². The average molecular weight is 277 g/mol. The Morgan fingerprint density at radius 2 is 1.89 bits per heavy atom. The fraction of sp³-hybridized carbons (Fsp3) is 0.533. The van der Waals surface area contributed by atoms with Gasteiger partial charge in [-0.05, 0) is 26.3 Å². The highest BCUT2D eigenvalue weighted by Gasteiger charge is 2.36. The summed E-state index contributed by atoms with van der Waals surface area (Å²) in [7, 11) is -1.59. The Labute approximate surface area is 116 Å². The van der Waals surface area contributed by atoms with Crippen LogP contribution in [0.1, 0.15) is 26.3 Å². The van der Waals surface area contributed by atoms with Crippen molar-refractivity contribution in [3.63, 3.8) is 0 Å². The highest BCUT2D eigenvalue weighted by Crippen LogP contribution is 2.20. The van der Waals surface area contributed by atoms with Crippen LogP contribution in [0.4, 0.5) is 4.79 Å². The number of benzene rings is 1. The Kier molecular flexibility index (Phi) is 3.47. The van der Waals surface area contributed by atoms with Crippen LogP contribution in [0.3, 0.4) is 0 Å². The molecule has 0 N–H and O–H groups in total. The molecule has 0 atom stereocenters. The number of fused-ring (bicyclic) bond motifs is 1. The van der Waals surface area contributed by atoms with Crippen LogP contribution in [0.25, 0.3) is 0 Å². The molecule has 1 aliphatic heterocycles. The van der Waals surface area contributed by atoms with Crippen LogP contribution in [-0.2, 0) is 11.3 Å². The van der Waals surface area contributed by atoms with E-state index in [0.717, 1.165) is 6.17 Å². The molecule has 0 fully saturated rings. The third-order valence-electron chi connectivity index (χ3n) is 3.35. The molecule has 0 unspecified atom stereocenters. The molecule has 0 radical (unpaired) electrons. The molecule has 1 aromatic carbocycles. The summed E-state index contributed by atoms with van der Waals surface area (Å²) in [4.78, 5) is 14.1. The summed E-state index contributed by atoms with van der Waals surface area (Å²) in [6.45, 7) is 11.0. The summed E-state index contributed by atoms with van der Waals surface area (Å²) in [5.74, 6) is 0. The van der Waals surface area contributed by atoms with Gasteiger partial charge in [0.25, 0.3) is 0 Å². The van der Waals surface area contributed by atoms with Gasteiger partial charge in [0.05, 0.1) is 0 Å². The van der Waals surface area contributed by atoms with Crippen molar-refractivity contribution in [1.29, 1.82) is 0 Å². The number of ether oxygens (including phenoxy) is 1. The molecule has 1 aliphatic rings. The number of hydrogen-bond acceptors (Lipinski definition) is 2. The Balaban J connectivity index is 2.23. The molecule has 2 rings (SSSR count). The maximum Gasteiger partial charge on any atom is 0.410 e. The van der Waals surface area contributed by atoms with E-state index >= 15 is 0 Å². The minimum Gasteiger partial charge on any atom is -0.444 e. The molecule has 0 saturated carbocycles. The van der Waals surface area contributed by atoms with Crippen LogP contribution >= 0.6 is 0 Å². The van der Waals surface area contributed by atoms with Gasteiger partial charge in [0, 0.05) is 12.7 Å². The maximum atomic E-state index is 12.2. The smallest absolute Gasteiger partial charge is 0.410 e. The van der Waals surface area contributed by atoms with Gasteiger partial charge in [-0.25, -0.2) is 4.79 Å². The molecule has 0 aliphatic carbocycles. The molecule has 19 heavy (non-hydrogen) atoms. The third kappa shape index (κ3) is 3.18. The van der Waals surface area contributed by atoms with Gasteiger partial charge in [0.15, 0.2) is 0 Å². The summed E-state index contributed by atoms with van der Waals surface area (Å²) >= 11 is 0. The number of hydrogen-bond donors (Lipinski definition) is 0. The Hall–Kier alpha value is -1.29. The number of rotatable bonds is 0. The van der Waals surface area contributed by atoms with E-state index in [0.29, 0.717) is 6.54 Å². The van der Waals surface area contributed by atoms with Gasteiger partial charge >= 0.3 is 6.09 Å². The molecule has 1 heterocycles. The largest absolute Gasteiger partial charge is 0.444 e. The van der Waals surface area contributed by atoms with E-state index in [4.69, 9.17) is 4.74 Å². The topological polar surface area (TPSA) is 29.5 Å². The van der Waals surface area contributed by atoms with E-state index in [2.05, 4.69) is 31.3 Å². The van der Waals surface area contributed by atoms with E-state index in [-0.39, 0.29) is 6.09 Å². The van der Waals surface area contributed by atoms with E-state index < -0.39 is 13.7 Å². The van der Waals surface area contributed by atoms with Crippen molar-refractivity contribution in [2.24, 2.45) is 0 Å². The summed E-state index contributed by atoms with van der Waals surface area (Å²) in [5.41, 5.74) is 0.844. The van der Waals surface area contributed by atoms with Gasteiger partial charge < -0.3 is 9.64 Å². The normalized spacial score (nSPS) is 17.8. The first-order valence-electron chi connectivity index (χ1n) is 6.75. The van der Waals surface area contributed by atoms with Crippen LogP contribution in [-0.4, -0.2) is 30.8 Å².